The molecule has 3 aliphatic carbocycles. The molecule has 0 aliphatic heterocycles. The zero-order chi connectivity index (χ0) is 22.8. The van der Waals surface area contributed by atoms with Gasteiger partial charge in [-0.3, -0.25) is 19.6 Å². The molecule has 3 fully saturated rings. The van der Waals surface area contributed by atoms with Crippen LogP contribution in [-0.4, -0.2) is 45.1 Å². The molecule has 2 amide bonds. The van der Waals surface area contributed by atoms with E-state index in [9.17, 15) is 19.1 Å². The van der Waals surface area contributed by atoms with Crippen molar-refractivity contribution in [2.24, 2.45) is 5.41 Å². The SMILES string of the molecule is O=C(COc1ccc(Cl)c(F)c1)NC12CCC(C(=O)NCc3cnccn3)(CC1)C(O)C2. The van der Waals surface area contributed by atoms with E-state index < -0.39 is 22.9 Å². The number of aliphatic hydroxyl groups excluding tert-OH is 1. The molecule has 3 N–H and O–H groups in total. The Bertz CT molecular complexity index is 999. The van der Waals surface area contributed by atoms with Crippen molar-refractivity contribution >= 4 is 23.4 Å². The molecule has 0 radical (unpaired) electrons. The third kappa shape index (κ3) is 4.54. The molecule has 8 nitrogen and oxygen atoms in total. The highest BCUT2D eigenvalue weighted by Gasteiger charge is 2.58. The first-order chi connectivity index (χ1) is 15.3. The van der Waals surface area contributed by atoms with Crippen molar-refractivity contribution in [1.82, 2.24) is 20.6 Å². The number of amides is 2. The molecule has 0 spiro atoms. The van der Waals surface area contributed by atoms with Crippen LogP contribution >= 0.6 is 11.6 Å². The van der Waals surface area contributed by atoms with Gasteiger partial charge in [-0.05, 0) is 44.2 Å². The number of halogens is 2. The predicted octanol–water partition coefficient (Wildman–Crippen LogP) is 2.14. The fourth-order valence-corrected chi connectivity index (χ4v) is 4.76. The van der Waals surface area contributed by atoms with Crippen LogP contribution in [-0.2, 0) is 16.1 Å². The van der Waals surface area contributed by atoms with Gasteiger partial charge in [0.15, 0.2) is 6.61 Å². The molecular weight excluding hydrogens is 439 g/mol. The van der Waals surface area contributed by atoms with E-state index in [1.165, 1.54) is 12.1 Å². The number of aromatic nitrogens is 2. The summed E-state index contributed by atoms with van der Waals surface area (Å²) in [5, 5.41) is 16.6. The van der Waals surface area contributed by atoms with Gasteiger partial charge in [0, 0.05) is 24.0 Å². The Hall–Kier alpha value is -2.78. The smallest absolute Gasteiger partial charge is 0.258 e. The summed E-state index contributed by atoms with van der Waals surface area (Å²) < 4.78 is 18.9. The Balaban J connectivity index is 1.32. The van der Waals surface area contributed by atoms with Gasteiger partial charge in [0.1, 0.15) is 11.6 Å². The summed E-state index contributed by atoms with van der Waals surface area (Å²) in [6, 6.07) is 3.96. The van der Waals surface area contributed by atoms with Gasteiger partial charge < -0.3 is 20.5 Å². The lowest BCUT2D eigenvalue weighted by Gasteiger charge is -2.55. The number of ether oxygens (including phenoxy) is 1. The van der Waals surface area contributed by atoms with Crippen LogP contribution in [0, 0.1) is 11.2 Å². The summed E-state index contributed by atoms with van der Waals surface area (Å²) in [7, 11) is 0. The summed E-state index contributed by atoms with van der Waals surface area (Å²) in [5.41, 5.74) is -0.815. The van der Waals surface area contributed by atoms with Gasteiger partial charge in [0.25, 0.3) is 5.91 Å². The van der Waals surface area contributed by atoms with E-state index in [0.717, 1.165) is 6.07 Å². The zero-order valence-electron chi connectivity index (χ0n) is 17.3. The molecule has 1 aromatic heterocycles. The van der Waals surface area contributed by atoms with Gasteiger partial charge in [-0.1, -0.05) is 11.6 Å². The topological polar surface area (TPSA) is 113 Å². The van der Waals surface area contributed by atoms with Crippen molar-refractivity contribution in [2.45, 2.75) is 50.3 Å². The molecule has 3 aliphatic rings. The van der Waals surface area contributed by atoms with Crippen molar-refractivity contribution in [3.8, 4) is 5.75 Å². The highest BCUT2D eigenvalue weighted by molar-refractivity contribution is 6.30. The van der Waals surface area contributed by atoms with E-state index in [2.05, 4.69) is 20.6 Å². The van der Waals surface area contributed by atoms with Crippen LogP contribution in [0.5, 0.6) is 5.75 Å². The molecule has 3 saturated carbocycles. The largest absolute Gasteiger partial charge is 0.484 e. The molecule has 10 heteroatoms. The predicted molar refractivity (Wildman–Crippen MR) is 113 cm³/mol. The molecule has 1 aromatic carbocycles. The van der Waals surface area contributed by atoms with E-state index in [0.29, 0.717) is 31.4 Å². The summed E-state index contributed by atoms with van der Waals surface area (Å²) in [6.07, 6.45) is 6.17. The molecule has 1 heterocycles. The Labute approximate surface area is 189 Å². The van der Waals surface area contributed by atoms with Gasteiger partial charge in [0.2, 0.25) is 5.91 Å². The van der Waals surface area contributed by atoms with Crippen molar-refractivity contribution in [3.63, 3.8) is 0 Å². The van der Waals surface area contributed by atoms with Crippen LogP contribution in [0.2, 0.25) is 5.02 Å². The fraction of sp³-hybridized carbons (Fsp3) is 0.455. The first-order valence-corrected chi connectivity index (χ1v) is 10.8. The van der Waals surface area contributed by atoms with Gasteiger partial charge in [-0.15, -0.1) is 0 Å². The molecule has 32 heavy (non-hydrogen) atoms. The number of hydrogen-bond acceptors (Lipinski definition) is 6. The van der Waals surface area contributed by atoms with Crippen LogP contribution in [0.4, 0.5) is 4.39 Å². The summed E-state index contributed by atoms with van der Waals surface area (Å²) in [6.45, 7) is -0.0473. The molecular formula is C22H24ClFN4O4. The maximum atomic E-state index is 13.5. The Morgan fingerprint density at radius 3 is 2.69 bits per heavy atom. The molecule has 170 valence electrons. The van der Waals surface area contributed by atoms with E-state index >= 15 is 0 Å². The zero-order valence-corrected chi connectivity index (χ0v) is 18.1. The van der Waals surface area contributed by atoms with Gasteiger partial charge in [0.05, 0.1) is 35.0 Å². The minimum Gasteiger partial charge on any atom is -0.484 e. The molecule has 2 aromatic rings. The normalized spacial score (nSPS) is 26.4. The van der Waals surface area contributed by atoms with Crippen molar-refractivity contribution in [2.75, 3.05) is 6.61 Å². The van der Waals surface area contributed by atoms with Crippen LogP contribution in [0.25, 0.3) is 0 Å². The molecule has 5 rings (SSSR count). The number of benzene rings is 1. The highest BCUT2D eigenvalue weighted by Crippen LogP contribution is 2.52. The Morgan fingerprint density at radius 1 is 1.25 bits per heavy atom. The molecule has 2 bridgehead atoms. The standard InChI is InChI=1S/C22H24ClFN4O4/c23-16-2-1-15(9-17(16)24)32-13-19(30)28-21-3-5-22(6-4-21,18(29)10-21)20(31)27-12-14-11-25-7-8-26-14/h1-2,7-9,11,18,29H,3-6,10,12-13H2,(H,27,31)(H,28,30). The first kappa shape index (κ1) is 22.4. The van der Waals surface area contributed by atoms with Crippen molar-refractivity contribution in [3.05, 3.63) is 53.3 Å². The van der Waals surface area contributed by atoms with E-state index in [-0.39, 0.29) is 42.2 Å². The average Bonchev–Trinajstić information content (AvgIpc) is 2.79. The van der Waals surface area contributed by atoms with Gasteiger partial charge in [-0.25, -0.2) is 4.39 Å². The molecule has 1 unspecified atom stereocenters. The van der Waals surface area contributed by atoms with E-state index in [1.807, 2.05) is 0 Å². The number of nitrogens with one attached hydrogen (secondary N) is 2. The minimum absolute atomic E-state index is 0.0247. The third-order valence-electron chi connectivity index (χ3n) is 6.49. The van der Waals surface area contributed by atoms with Crippen LogP contribution in [0.15, 0.2) is 36.8 Å². The Morgan fingerprint density at radius 2 is 2.03 bits per heavy atom. The first-order valence-electron chi connectivity index (χ1n) is 10.4. The number of hydrogen-bond donors (Lipinski definition) is 3. The van der Waals surface area contributed by atoms with Gasteiger partial charge in [-0.2, -0.15) is 0 Å². The number of rotatable bonds is 7. The quantitative estimate of drug-likeness (QED) is 0.581. The number of carbonyl (C=O) groups excluding carboxylic acids is 2. The van der Waals surface area contributed by atoms with Crippen molar-refractivity contribution in [1.29, 1.82) is 0 Å². The second kappa shape index (κ2) is 8.99. The lowest BCUT2D eigenvalue weighted by molar-refractivity contribution is -0.156. The van der Waals surface area contributed by atoms with E-state index in [1.54, 1.807) is 18.6 Å². The van der Waals surface area contributed by atoms with Crippen LogP contribution in [0.3, 0.4) is 0 Å². The monoisotopic (exact) mass is 462 g/mol. The lowest BCUT2D eigenvalue weighted by Crippen LogP contribution is -2.65. The summed E-state index contributed by atoms with van der Waals surface area (Å²) >= 11 is 5.64. The number of nitrogens with zero attached hydrogens (tertiary/aromatic N) is 2. The second-order valence-corrected chi connectivity index (χ2v) is 8.86. The lowest BCUT2D eigenvalue weighted by atomic mass is 9.55. The van der Waals surface area contributed by atoms with E-state index in [4.69, 9.17) is 16.3 Å². The molecule has 0 saturated heterocycles. The highest BCUT2D eigenvalue weighted by atomic mass is 35.5. The molecule has 1 atom stereocenters. The second-order valence-electron chi connectivity index (χ2n) is 8.45. The van der Waals surface area contributed by atoms with Gasteiger partial charge >= 0.3 is 0 Å². The number of fused-ring (bicyclic) bond motifs is 3. The fourth-order valence-electron chi connectivity index (χ4n) is 4.65. The summed E-state index contributed by atoms with van der Waals surface area (Å²) in [4.78, 5) is 33.5. The van der Waals surface area contributed by atoms with Crippen molar-refractivity contribution < 1.29 is 23.8 Å². The number of carbonyl (C=O) groups is 2. The maximum Gasteiger partial charge on any atom is 0.258 e. The van der Waals surface area contributed by atoms with Crippen LogP contribution < -0.4 is 15.4 Å². The third-order valence-corrected chi connectivity index (χ3v) is 6.79. The average molecular weight is 463 g/mol. The minimum atomic E-state index is -0.876. The Kier molecular flexibility index (Phi) is 6.30. The maximum absolute atomic E-state index is 13.5. The van der Waals surface area contributed by atoms with Crippen LogP contribution in [0.1, 0.15) is 37.8 Å². The summed E-state index contributed by atoms with van der Waals surface area (Å²) in [5.74, 6) is -0.997. The number of aliphatic hydroxyl groups is 1.